The highest BCUT2D eigenvalue weighted by Crippen LogP contribution is 2.13. The summed E-state index contributed by atoms with van der Waals surface area (Å²) < 4.78 is 0.624. The highest BCUT2D eigenvalue weighted by Gasteiger charge is 2.06. The molecule has 0 unspecified atom stereocenters. The van der Waals surface area contributed by atoms with E-state index < -0.39 is 0 Å². The molecule has 0 rings (SSSR count). The molecule has 0 saturated carbocycles. The van der Waals surface area contributed by atoms with Crippen LogP contribution in [0.5, 0.6) is 0 Å². The van der Waals surface area contributed by atoms with Gasteiger partial charge in [0.2, 0.25) is 0 Å². The Kier molecular flexibility index (Phi) is 21.5. The molecule has 2 nitrogen and oxygen atoms in total. The number of quaternary nitrogens is 1. The summed E-state index contributed by atoms with van der Waals surface area (Å²) in [6.45, 7) is 3.20. The molecule has 0 saturated heterocycles. The molecular formula is C21H46ClNO. The van der Waals surface area contributed by atoms with Gasteiger partial charge in [0.1, 0.15) is 6.61 Å². The van der Waals surface area contributed by atoms with Crippen molar-refractivity contribution in [3.8, 4) is 0 Å². The van der Waals surface area contributed by atoms with Gasteiger partial charge in [-0.25, -0.2) is 4.84 Å². The maximum atomic E-state index is 5.69. The van der Waals surface area contributed by atoms with E-state index in [1.807, 2.05) is 0 Å². The Morgan fingerprint density at radius 2 is 0.792 bits per heavy atom. The maximum Gasteiger partial charge on any atom is 0.106 e. The van der Waals surface area contributed by atoms with E-state index in [1.165, 1.54) is 103 Å². The summed E-state index contributed by atoms with van der Waals surface area (Å²) >= 11 is 0. The van der Waals surface area contributed by atoms with Crippen LogP contribution in [0.3, 0.4) is 0 Å². The van der Waals surface area contributed by atoms with Gasteiger partial charge in [0.15, 0.2) is 0 Å². The first-order valence-corrected chi connectivity index (χ1v) is 10.5. The van der Waals surface area contributed by atoms with Crippen LogP contribution in [-0.4, -0.2) is 32.4 Å². The van der Waals surface area contributed by atoms with Crippen LogP contribution in [0.2, 0.25) is 0 Å². The van der Waals surface area contributed by atoms with E-state index in [1.54, 1.807) is 0 Å². The Morgan fingerprint density at radius 3 is 1.08 bits per heavy atom. The van der Waals surface area contributed by atoms with Gasteiger partial charge in [0, 0.05) is 0 Å². The van der Waals surface area contributed by atoms with Crippen LogP contribution in [0.1, 0.15) is 110 Å². The number of halogens is 1. The fourth-order valence-corrected chi connectivity index (χ4v) is 2.99. The van der Waals surface area contributed by atoms with E-state index in [9.17, 15) is 0 Å². The molecule has 0 bridgehead atoms. The normalized spacial score (nSPS) is 11.5. The van der Waals surface area contributed by atoms with Crippen molar-refractivity contribution in [3.05, 3.63) is 0 Å². The van der Waals surface area contributed by atoms with Gasteiger partial charge in [-0.3, -0.25) is 0 Å². The maximum absolute atomic E-state index is 5.69. The Morgan fingerprint density at radius 1 is 0.500 bits per heavy atom. The largest absolute Gasteiger partial charge is 1.00 e. The second kappa shape index (κ2) is 19.5. The van der Waals surface area contributed by atoms with Crippen LogP contribution >= 0.6 is 0 Å². The van der Waals surface area contributed by atoms with E-state index in [2.05, 4.69) is 28.1 Å². The number of hydrogen-bond acceptors (Lipinski definition) is 1. The summed E-state index contributed by atoms with van der Waals surface area (Å²) in [5.74, 6) is 0. The van der Waals surface area contributed by atoms with Gasteiger partial charge in [0.25, 0.3) is 0 Å². The van der Waals surface area contributed by atoms with Crippen LogP contribution in [0.15, 0.2) is 0 Å². The Bertz CT molecular complexity index is 228. The molecule has 0 aromatic rings. The molecule has 0 aliphatic rings. The van der Waals surface area contributed by atoms with Gasteiger partial charge in [-0.1, -0.05) is 103 Å². The predicted octanol–water partition coefficient (Wildman–Crippen LogP) is 3.89. The van der Waals surface area contributed by atoms with Gasteiger partial charge in [-0.05, 0) is 6.42 Å². The first-order valence-electron chi connectivity index (χ1n) is 10.5. The molecule has 0 aliphatic carbocycles. The lowest BCUT2D eigenvalue weighted by molar-refractivity contribution is -1.06. The molecule has 3 heteroatoms. The van der Waals surface area contributed by atoms with E-state index >= 15 is 0 Å². The van der Waals surface area contributed by atoms with Crippen LogP contribution in [-0.2, 0) is 4.84 Å². The quantitative estimate of drug-likeness (QED) is 0.204. The summed E-state index contributed by atoms with van der Waals surface area (Å²) in [5, 5.41) is 0. The number of rotatable bonds is 18. The third-order valence-electron chi connectivity index (χ3n) is 4.48. The van der Waals surface area contributed by atoms with Crippen LogP contribution in [0, 0.1) is 0 Å². The lowest BCUT2D eigenvalue weighted by Crippen LogP contribution is -3.00. The molecule has 0 atom stereocenters. The first kappa shape index (κ1) is 26.4. The Hall–Kier alpha value is 0.210. The van der Waals surface area contributed by atoms with E-state index in [4.69, 9.17) is 4.84 Å². The van der Waals surface area contributed by atoms with E-state index in [0.29, 0.717) is 4.65 Å². The second-order valence-corrected chi connectivity index (χ2v) is 8.03. The molecule has 148 valence electrons. The zero-order valence-electron chi connectivity index (χ0n) is 17.3. The number of hydroxylamine groups is 3. The highest BCUT2D eigenvalue weighted by atomic mass is 35.5. The molecule has 0 heterocycles. The molecular weight excluding hydrogens is 318 g/mol. The Labute approximate surface area is 159 Å². The van der Waals surface area contributed by atoms with Crippen LogP contribution in [0.4, 0.5) is 0 Å². The zero-order valence-corrected chi connectivity index (χ0v) is 18.0. The van der Waals surface area contributed by atoms with Gasteiger partial charge in [0.05, 0.1) is 21.1 Å². The second-order valence-electron chi connectivity index (χ2n) is 8.03. The summed E-state index contributed by atoms with van der Waals surface area (Å²) in [5.41, 5.74) is 0. The van der Waals surface area contributed by atoms with Crippen molar-refractivity contribution in [2.24, 2.45) is 0 Å². The van der Waals surface area contributed by atoms with Gasteiger partial charge >= 0.3 is 0 Å². The van der Waals surface area contributed by atoms with Crippen molar-refractivity contribution in [3.63, 3.8) is 0 Å². The van der Waals surface area contributed by atoms with Crippen LogP contribution < -0.4 is 12.4 Å². The van der Waals surface area contributed by atoms with Gasteiger partial charge < -0.3 is 12.4 Å². The molecule has 0 aromatic heterocycles. The minimum atomic E-state index is 0. The third-order valence-corrected chi connectivity index (χ3v) is 4.48. The third kappa shape index (κ3) is 24.5. The smallest absolute Gasteiger partial charge is 0.106 e. The molecule has 0 aliphatic heterocycles. The molecule has 24 heavy (non-hydrogen) atoms. The van der Waals surface area contributed by atoms with Crippen LogP contribution in [0.25, 0.3) is 0 Å². The van der Waals surface area contributed by atoms with Crippen molar-refractivity contribution < 1.29 is 21.9 Å². The molecule has 0 aromatic carbocycles. The Balaban J connectivity index is 0. The zero-order chi connectivity index (χ0) is 17.2. The van der Waals surface area contributed by atoms with E-state index in [-0.39, 0.29) is 12.4 Å². The highest BCUT2D eigenvalue weighted by molar-refractivity contribution is 4.49. The number of unbranched alkanes of at least 4 members (excludes halogenated alkanes) is 15. The monoisotopic (exact) mass is 363 g/mol. The fraction of sp³-hybridized carbons (Fsp3) is 1.00. The average Bonchev–Trinajstić information content (AvgIpc) is 2.49. The molecule has 0 fully saturated rings. The number of hydrogen-bond donors (Lipinski definition) is 0. The molecule has 0 radical (unpaired) electrons. The summed E-state index contributed by atoms with van der Waals surface area (Å²) in [6, 6.07) is 0. The van der Waals surface area contributed by atoms with Crippen molar-refractivity contribution in [2.45, 2.75) is 110 Å². The SMILES string of the molecule is CCCCCCCCCCCCCCCCCCO[N+](C)(C)C.[Cl-]. The first-order chi connectivity index (χ1) is 11.1. The van der Waals surface area contributed by atoms with Gasteiger partial charge in [-0.2, -0.15) is 4.65 Å². The average molecular weight is 364 g/mol. The number of nitrogens with zero attached hydrogens (tertiary/aromatic N) is 1. The lowest BCUT2D eigenvalue weighted by Gasteiger charge is -2.20. The molecule has 0 N–H and O–H groups in total. The fourth-order valence-electron chi connectivity index (χ4n) is 2.99. The van der Waals surface area contributed by atoms with Crippen molar-refractivity contribution in [2.75, 3.05) is 27.7 Å². The summed E-state index contributed by atoms with van der Waals surface area (Å²) in [6.07, 6.45) is 22.8. The summed E-state index contributed by atoms with van der Waals surface area (Å²) in [7, 11) is 6.23. The van der Waals surface area contributed by atoms with Crippen molar-refractivity contribution in [1.29, 1.82) is 0 Å². The molecule has 0 spiro atoms. The van der Waals surface area contributed by atoms with Crippen molar-refractivity contribution in [1.82, 2.24) is 0 Å². The minimum absolute atomic E-state index is 0. The lowest BCUT2D eigenvalue weighted by atomic mass is 10.0. The minimum Gasteiger partial charge on any atom is -1.00 e. The van der Waals surface area contributed by atoms with E-state index in [0.717, 1.165) is 6.61 Å². The summed E-state index contributed by atoms with van der Waals surface area (Å²) in [4.78, 5) is 5.69. The van der Waals surface area contributed by atoms with Gasteiger partial charge in [-0.15, -0.1) is 0 Å². The molecule has 0 amide bonds. The topological polar surface area (TPSA) is 9.23 Å². The predicted molar refractivity (Wildman–Crippen MR) is 104 cm³/mol. The van der Waals surface area contributed by atoms with Crippen molar-refractivity contribution >= 4 is 0 Å². The standard InChI is InChI=1S/C21H46NO.ClH/c1-5-6-7-8-9-10-11-12-13-14-15-16-17-18-19-20-21-23-22(2,3)4;/h5-21H2,1-4H3;1H/q+1;/p-1.